The molecule has 7 rings (SSSR count). The number of nitrogens with zero attached hydrogens (tertiary/aromatic N) is 3. The fourth-order valence-corrected chi connectivity index (χ4v) is 6.11. The van der Waals surface area contributed by atoms with Gasteiger partial charge in [-0.15, -0.1) is 17.5 Å². The van der Waals surface area contributed by atoms with Crippen molar-refractivity contribution in [3.63, 3.8) is 0 Å². The molecule has 0 aliphatic carbocycles. The Morgan fingerprint density at radius 3 is 2.21 bits per heavy atom. The third-order valence-electron chi connectivity index (χ3n) is 7.90. The minimum absolute atomic E-state index is 0. The number of phenolic OH excluding ortho intramolecular Hbond substituents is 1. The first kappa shape index (κ1) is 28.6. The van der Waals surface area contributed by atoms with Crippen LogP contribution in [0.3, 0.4) is 0 Å². The van der Waals surface area contributed by atoms with Crippen molar-refractivity contribution in [3.05, 3.63) is 119 Å². The van der Waals surface area contributed by atoms with Crippen molar-refractivity contribution in [1.82, 2.24) is 14.5 Å². The summed E-state index contributed by atoms with van der Waals surface area (Å²) in [5.74, 6) is 1.85. The maximum atomic E-state index is 10.8. The van der Waals surface area contributed by atoms with Gasteiger partial charge < -0.3 is 14.4 Å². The number of fused-ring (bicyclic) bond motifs is 4. The van der Waals surface area contributed by atoms with E-state index >= 15 is 0 Å². The van der Waals surface area contributed by atoms with Crippen LogP contribution in [0.15, 0.2) is 85.1 Å². The maximum Gasteiger partial charge on any atom is 0.217 e. The predicted molar refractivity (Wildman–Crippen MR) is 170 cm³/mol. The SMILES string of the molecule is Cc1ccc(-n2c3[c-]c(Oc4ccc5c(-c6c(C)cc(C)cc6C)ccc(O)c5n4)ccc3c3cc(C)ccc32)nc1.[Pt]. The number of ether oxygens (including phenoxy) is 1. The summed E-state index contributed by atoms with van der Waals surface area (Å²) in [5, 5.41) is 13.9. The van der Waals surface area contributed by atoms with Crippen LogP contribution in [0.2, 0.25) is 0 Å². The zero-order valence-corrected chi connectivity index (χ0v) is 26.9. The van der Waals surface area contributed by atoms with Crippen LogP contribution >= 0.6 is 0 Å². The van der Waals surface area contributed by atoms with Crippen LogP contribution in [0.5, 0.6) is 17.4 Å². The first-order valence-electron chi connectivity index (χ1n) is 14.1. The Balaban J connectivity index is 0.00000329. The van der Waals surface area contributed by atoms with Crippen LogP contribution in [0, 0.1) is 40.7 Å². The number of aromatic hydroxyl groups is 1. The van der Waals surface area contributed by atoms with Gasteiger partial charge in [-0.25, -0.2) is 9.97 Å². The molecule has 0 unspecified atom stereocenters. The van der Waals surface area contributed by atoms with Crippen LogP contribution in [-0.4, -0.2) is 19.6 Å². The summed E-state index contributed by atoms with van der Waals surface area (Å²) in [6, 6.07) is 29.9. The van der Waals surface area contributed by atoms with Gasteiger partial charge in [0.25, 0.3) is 0 Å². The quantitative estimate of drug-likeness (QED) is 0.183. The zero-order valence-electron chi connectivity index (χ0n) is 24.6. The fourth-order valence-electron chi connectivity index (χ4n) is 6.11. The molecule has 0 atom stereocenters. The van der Waals surface area contributed by atoms with Gasteiger partial charge in [0.2, 0.25) is 5.88 Å². The van der Waals surface area contributed by atoms with E-state index in [1.54, 1.807) is 6.07 Å². The van der Waals surface area contributed by atoms with Gasteiger partial charge in [-0.3, -0.25) is 0 Å². The van der Waals surface area contributed by atoms with Crippen LogP contribution in [0.1, 0.15) is 27.8 Å². The number of benzene rings is 4. The molecule has 43 heavy (non-hydrogen) atoms. The minimum Gasteiger partial charge on any atom is -0.506 e. The smallest absolute Gasteiger partial charge is 0.217 e. The third-order valence-corrected chi connectivity index (χ3v) is 7.90. The Morgan fingerprint density at radius 1 is 0.721 bits per heavy atom. The molecule has 3 heterocycles. The van der Waals surface area contributed by atoms with E-state index in [-0.39, 0.29) is 26.8 Å². The van der Waals surface area contributed by atoms with E-state index < -0.39 is 0 Å². The predicted octanol–water partition coefficient (Wildman–Crippen LogP) is 9.23. The normalized spacial score (nSPS) is 11.3. The van der Waals surface area contributed by atoms with Gasteiger partial charge in [0.05, 0.1) is 0 Å². The van der Waals surface area contributed by atoms with Gasteiger partial charge >= 0.3 is 0 Å². The first-order valence-corrected chi connectivity index (χ1v) is 14.1. The monoisotopic (exact) mass is 743 g/mol. The van der Waals surface area contributed by atoms with E-state index in [9.17, 15) is 5.11 Å². The number of hydrogen-bond donors (Lipinski definition) is 1. The number of pyridine rings is 2. The van der Waals surface area contributed by atoms with Crippen molar-refractivity contribution in [1.29, 1.82) is 0 Å². The van der Waals surface area contributed by atoms with E-state index in [0.29, 0.717) is 17.1 Å². The second-order valence-corrected chi connectivity index (χ2v) is 11.2. The number of aryl methyl sites for hydroxylation is 5. The number of aromatic nitrogens is 3. The molecule has 0 bridgehead atoms. The molecule has 1 N–H and O–H groups in total. The molecular weight excluding hydrogens is 714 g/mol. The van der Waals surface area contributed by atoms with Gasteiger partial charge in [-0.1, -0.05) is 47.0 Å². The van der Waals surface area contributed by atoms with E-state index in [2.05, 4.69) is 80.8 Å². The third kappa shape index (κ3) is 4.98. The topological polar surface area (TPSA) is 60.2 Å². The second-order valence-electron chi connectivity index (χ2n) is 11.2. The Kier molecular flexibility index (Phi) is 7.31. The van der Waals surface area contributed by atoms with Crippen molar-refractivity contribution >= 4 is 32.7 Å². The van der Waals surface area contributed by atoms with Gasteiger partial charge in [0.15, 0.2) is 0 Å². The summed E-state index contributed by atoms with van der Waals surface area (Å²) >= 11 is 0. The molecule has 216 valence electrons. The average molecular weight is 744 g/mol. The Bertz CT molecular complexity index is 2160. The molecule has 4 aromatic carbocycles. The number of rotatable bonds is 4. The van der Waals surface area contributed by atoms with Gasteiger partial charge in [0, 0.05) is 50.0 Å². The van der Waals surface area contributed by atoms with Crippen LogP contribution in [-0.2, 0) is 21.1 Å². The van der Waals surface area contributed by atoms with Crippen LogP contribution in [0.25, 0.3) is 49.7 Å². The Hall–Kier alpha value is -4.47. The molecule has 0 fully saturated rings. The molecule has 5 nitrogen and oxygen atoms in total. The molecular formula is C37H30N3O2Pt-. The van der Waals surface area contributed by atoms with Crippen molar-refractivity contribution < 1.29 is 30.9 Å². The van der Waals surface area contributed by atoms with Crippen molar-refractivity contribution in [2.75, 3.05) is 0 Å². The molecule has 6 heteroatoms. The fraction of sp³-hybridized carbons (Fsp3) is 0.135. The average Bonchev–Trinajstić information content (AvgIpc) is 3.27. The number of hydrogen-bond acceptors (Lipinski definition) is 4. The van der Waals surface area contributed by atoms with Crippen molar-refractivity contribution in [2.24, 2.45) is 0 Å². The van der Waals surface area contributed by atoms with Crippen LogP contribution < -0.4 is 4.74 Å². The number of phenols is 1. The van der Waals surface area contributed by atoms with Gasteiger partial charge in [-0.2, -0.15) is 6.07 Å². The molecule has 7 aromatic rings. The molecule has 0 aliphatic heterocycles. The second kappa shape index (κ2) is 11.0. The standard InChI is InChI=1S/C37H30N3O2.Pt/c1-21-6-12-31-30(18-21)27-9-8-26(19-32(27)40(31)34-14-7-22(2)20-38-34)42-35-15-11-29-28(10-13-33(41)37(29)39-35)36-24(4)16-23(3)17-25(36)5;/h6-18,20,41H,1-5H3;/q-1;. The Labute approximate surface area is 265 Å². The minimum atomic E-state index is 0. The zero-order chi connectivity index (χ0) is 29.1. The summed E-state index contributed by atoms with van der Waals surface area (Å²) in [6.45, 7) is 10.5. The molecule has 0 aliphatic rings. The molecule has 3 aromatic heterocycles. The first-order chi connectivity index (χ1) is 20.3. The molecule has 0 amide bonds. The van der Waals surface area contributed by atoms with E-state index in [4.69, 9.17) is 14.7 Å². The summed E-state index contributed by atoms with van der Waals surface area (Å²) in [7, 11) is 0. The summed E-state index contributed by atoms with van der Waals surface area (Å²) in [4.78, 5) is 9.46. The maximum absolute atomic E-state index is 10.8. The Morgan fingerprint density at radius 2 is 1.47 bits per heavy atom. The van der Waals surface area contributed by atoms with E-state index in [1.165, 1.54) is 22.3 Å². The largest absolute Gasteiger partial charge is 0.506 e. The molecule has 0 spiro atoms. The molecule has 0 radical (unpaired) electrons. The van der Waals surface area contributed by atoms with Crippen LogP contribution in [0.4, 0.5) is 0 Å². The van der Waals surface area contributed by atoms with E-state index in [1.807, 2.05) is 43.5 Å². The summed E-state index contributed by atoms with van der Waals surface area (Å²) < 4.78 is 8.40. The van der Waals surface area contributed by atoms with Crippen molar-refractivity contribution in [2.45, 2.75) is 34.6 Å². The van der Waals surface area contributed by atoms with Gasteiger partial charge in [0.1, 0.15) is 17.1 Å². The van der Waals surface area contributed by atoms with Crippen molar-refractivity contribution in [3.8, 4) is 34.3 Å². The molecule has 0 saturated heterocycles. The van der Waals surface area contributed by atoms with E-state index in [0.717, 1.165) is 49.7 Å². The molecule has 0 saturated carbocycles. The summed E-state index contributed by atoms with van der Waals surface area (Å²) in [6.07, 6.45) is 1.88. The summed E-state index contributed by atoms with van der Waals surface area (Å²) in [5.41, 5.74) is 10.5. The van der Waals surface area contributed by atoms with Gasteiger partial charge in [-0.05, 0) is 98.2 Å².